The van der Waals surface area contributed by atoms with E-state index in [1.165, 1.54) is 6.07 Å². The van der Waals surface area contributed by atoms with E-state index in [0.29, 0.717) is 41.6 Å². The summed E-state index contributed by atoms with van der Waals surface area (Å²) in [5.74, 6) is 0. The molecule has 10 heteroatoms. The summed E-state index contributed by atoms with van der Waals surface area (Å²) in [6, 6.07) is 8.49. The summed E-state index contributed by atoms with van der Waals surface area (Å²) in [6.07, 6.45) is 5.53. The minimum atomic E-state index is -5.15. The van der Waals surface area contributed by atoms with E-state index in [9.17, 15) is 25.9 Å². The number of rotatable bonds is 7. The highest BCUT2D eigenvalue weighted by molar-refractivity contribution is 7.86. The van der Waals surface area contributed by atoms with Gasteiger partial charge < -0.3 is 14.4 Å². The predicted octanol–water partition coefficient (Wildman–Crippen LogP) is 2.09. The van der Waals surface area contributed by atoms with Crippen LogP contribution in [0.4, 0.5) is 5.69 Å². The Labute approximate surface area is 206 Å². The van der Waals surface area contributed by atoms with Crippen LogP contribution in [0.2, 0.25) is 0 Å². The van der Waals surface area contributed by atoms with Gasteiger partial charge in [-0.15, -0.1) is 0 Å². The maximum atomic E-state index is 12.3. The number of nitrogens with one attached hydrogen (secondary N) is 2. The Morgan fingerprint density at radius 2 is 1.63 bits per heavy atom. The molecular weight excluding hydrogens is 488 g/mol. The van der Waals surface area contributed by atoms with Crippen LogP contribution in [0, 0.1) is 6.92 Å². The van der Waals surface area contributed by atoms with Crippen LogP contribution in [0.25, 0.3) is 5.57 Å². The number of hydrogen-bond donors (Lipinski definition) is 2. The molecule has 1 aliphatic carbocycles. The zero-order valence-corrected chi connectivity index (χ0v) is 21.5. The van der Waals surface area contributed by atoms with Gasteiger partial charge in [0.25, 0.3) is 0 Å². The van der Waals surface area contributed by atoms with E-state index in [2.05, 4.69) is 10.3 Å². The van der Waals surface area contributed by atoms with Gasteiger partial charge in [0.1, 0.15) is 26.8 Å². The Kier molecular flexibility index (Phi) is 7.80. The molecule has 0 bridgehead atoms. The standard InChI is InChI=1S/C25H28N2O6S2/c1-5-26-22-12-8-18(14-17(22)4)25(21-13-16(3)7-11-23(21)27-6-2)20-10-9-19(34(28,29)30)15-24(20)35(31,32)33/h7-15,27H,5-6H2,1-4H3,(H,28,29,30)(H,31,32,33)/p-1/b25-18+,26-22?. The summed E-state index contributed by atoms with van der Waals surface area (Å²) in [5.41, 5.74) is 5.07. The summed E-state index contributed by atoms with van der Waals surface area (Å²) >= 11 is 0. The maximum Gasteiger partial charge on any atom is 0.201 e. The molecule has 3 rings (SSSR count). The first-order valence-corrected chi connectivity index (χ1v) is 13.8. The third-order valence-electron chi connectivity index (χ3n) is 5.47. The van der Waals surface area contributed by atoms with E-state index in [0.717, 1.165) is 22.9 Å². The van der Waals surface area contributed by atoms with E-state index in [1.54, 1.807) is 6.08 Å². The molecular formula is C25H27N2O6S2-. The average molecular weight is 516 g/mol. The van der Waals surface area contributed by atoms with Crippen molar-refractivity contribution in [3.63, 3.8) is 0 Å². The first-order chi connectivity index (χ1) is 16.4. The second-order valence-electron chi connectivity index (χ2n) is 8.08. The lowest BCUT2D eigenvalue weighted by atomic mass is 9.87. The molecule has 0 heterocycles. The molecule has 0 radical (unpaired) electrons. The topological polar surface area (TPSA) is 140 Å². The normalized spacial score (nSPS) is 16.9. The lowest BCUT2D eigenvalue weighted by Gasteiger charge is -2.23. The van der Waals surface area contributed by atoms with Gasteiger partial charge in [0.15, 0.2) is 0 Å². The first-order valence-electron chi connectivity index (χ1n) is 11.0. The Bertz CT molecular complexity index is 1500. The van der Waals surface area contributed by atoms with Crippen LogP contribution in [-0.2, 0) is 20.2 Å². The molecule has 2 aromatic carbocycles. The van der Waals surface area contributed by atoms with Crippen molar-refractivity contribution in [1.82, 2.24) is 0 Å². The fourth-order valence-electron chi connectivity index (χ4n) is 3.95. The highest BCUT2D eigenvalue weighted by Gasteiger charge is 2.23. The maximum absolute atomic E-state index is 12.3. The summed E-state index contributed by atoms with van der Waals surface area (Å²) in [7, 11) is -10.1. The van der Waals surface area contributed by atoms with Gasteiger partial charge in [-0.05, 0) is 75.3 Å². The van der Waals surface area contributed by atoms with Gasteiger partial charge in [0, 0.05) is 35.0 Å². The quantitative estimate of drug-likeness (QED) is 0.538. The molecule has 186 valence electrons. The van der Waals surface area contributed by atoms with Crippen molar-refractivity contribution in [3.05, 3.63) is 82.5 Å². The number of benzene rings is 2. The van der Waals surface area contributed by atoms with Crippen molar-refractivity contribution in [2.75, 3.05) is 18.4 Å². The molecule has 0 aromatic heterocycles. The third-order valence-corrected chi connectivity index (χ3v) is 7.18. The number of anilines is 1. The lowest BCUT2D eigenvalue weighted by Crippen LogP contribution is -2.72. The molecule has 2 N–H and O–H groups in total. The molecule has 1 aliphatic rings. The molecule has 0 amide bonds. The van der Waals surface area contributed by atoms with Gasteiger partial charge in [-0.2, -0.15) is 0 Å². The molecule has 8 nitrogen and oxygen atoms in total. The third kappa shape index (κ3) is 5.96. The van der Waals surface area contributed by atoms with Crippen molar-refractivity contribution >= 4 is 37.2 Å². The Balaban J connectivity index is 2.49. The van der Waals surface area contributed by atoms with Crippen molar-refractivity contribution in [2.24, 2.45) is 0 Å². The van der Waals surface area contributed by atoms with E-state index in [-0.39, 0.29) is 5.56 Å². The largest absolute Gasteiger partial charge is 0.744 e. The summed E-state index contributed by atoms with van der Waals surface area (Å²) < 4.78 is 71.6. The van der Waals surface area contributed by atoms with Gasteiger partial charge in [-0.3, -0.25) is 0 Å². The van der Waals surface area contributed by atoms with Crippen LogP contribution in [0.5, 0.6) is 0 Å². The molecule has 35 heavy (non-hydrogen) atoms. The van der Waals surface area contributed by atoms with Crippen LogP contribution < -0.4 is 10.3 Å². The average Bonchev–Trinajstić information content (AvgIpc) is 2.76. The van der Waals surface area contributed by atoms with Gasteiger partial charge in [-0.25, -0.2) is 21.8 Å². The number of aryl methyl sites for hydroxylation is 1. The van der Waals surface area contributed by atoms with E-state index < -0.39 is 30.0 Å². The summed E-state index contributed by atoms with van der Waals surface area (Å²) in [4.78, 5) is 1.69. The van der Waals surface area contributed by atoms with Gasteiger partial charge in [0.2, 0.25) is 5.71 Å². The predicted molar refractivity (Wildman–Crippen MR) is 133 cm³/mol. The summed E-state index contributed by atoms with van der Waals surface area (Å²) in [6.45, 7) is 8.97. The van der Waals surface area contributed by atoms with Gasteiger partial charge >= 0.3 is 0 Å². The van der Waals surface area contributed by atoms with E-state index in [4.69, 9.17) is 0 Å². The van der Waals surface area contributed by atoms with Gasteiger partial charge in [0.05, 0.1) is 9.79 Å². The molecule has 0 saturated heterocycles. The van der Waals surface area contributed by atoms with Crippen molar-refractivity contribution < 1.29 is 30.9 Å². The second-order valence-corrected chi connectivity index (χ2v) is 10.8. The molecule has 0 fully saturated rings. The zero-order chi connectivity index (χ0) is 26.0. The number of hydrogen-bond acceptors (Lipinski definition) is 7. The second kappa shape index (κ2) is 10.3. The molecule has 0 saturated carbocycles. The van der Waals surface area contributed by atoms with Crippen LogP contribution in [0.15, 0.2) is 75.6 Å². The van der Waals surface area contributed by atoms with Crippen molar-refractivity contribution in [1.29, 1.82) is 0 Å². The van der Waals surface area contributed by atoms with Crippen LogP contribution in [-0.4, -0.2) is 44.7 Å². The molecule has 0 atom stereocenters. The fourth-order valence-corrected chi connectivity index (χ4v) is 5.23. The van der Waals surface area contributed by atoms with Gasteiger partial charge in [-0.1, -0.05) is 17.7 Å². The van der Waals surface area contributed by atoms with Crippen LogP contribution in [0.1, 0.15) is 37.5 Å². The highest BCUT2D eigenvalue weighted by atomic mass is 32.2. The molecule has 0 aliphatic heterocycles. The van der Waals surface area contributed by atoms with E-state index in [1.807, 2.05) is 58.0 Å². The molecule has 2 aromatic rings. The van der Waals surface area contributed by atoms with Crippen molar-refractivity contribution in [3.8, 4) is 0 Å². The first kappa shape index (κ1) is 26.6. The SMILES string of the molecule is CCNc1ccc(C)cc1/C(=C1\C=CC(=[NH+]CC)C(C)=C1)c1ccc(S(=O)(=O)[O-])cc1S(=O)(=O)[O-]. The van der Waals surface area contributed by atoms with Crippen LogP contribution >= 0.6 is 0 Å². The Morgan fingerprint density at radius 1 is 0.914 bits per heavy atom. The minimum absolute atomic E-state index is 0.00718. The van der Waals surface area contributed by atoms with Crippen LogP contribution in [0.3, 0.4) is 0 Å². The number of allylic oxidation sites excluding steroid dienone is 5. The Morgan fingerprint density at radius 3 is 2.20 bits per heavy atom. The minimum Gasteiger partial charge on any atom is -0.744 e. The molecule has 0 spiro atoms. The lowest BCUT2D eigenvalue weighted by molar-refractivity contribution is -0.451. The van der Waals surface area contributed by atoms with E-state index >= 15 is 0 Å². The van der Waals surface area contributed by atoms with Crippen molar-refractivity contribution in [2.45, 2.75) is 37.5 Å². The summed E-state index contributed by atoms with van der Waals surface area (Å²) in [5, 5.41) is 3.26. The zero-order valence-electron chi connectivity index (χ0n) is 19.9. The fraction of sp³-hybridized carbons (Fsp3) is 0.240. The monoisotopic (exact) mass is 515 g/mol. The smallest absolute Gasteiger partial charge is 0.201 e. The molecule has 0 unspecified atom stereocenters. The highest BCUT2D eigenvalue weighted by Crippen LogP contribution is 2.38. The Hall–Kier alpha value is -3.05.